The van der Waals surface area contributed by atoms with Crippen molar-refractivity contribution in [2.75, 3.05) is 20.4 Å². The van der Waals surface area contributed by atoms with E-state index in [2.05, 4.69) is 20.9 Å². The third-order valence-electron chi connectivity index (χ3n) is 2.28. The van der Waals surface area contributed by atoms with Crippen LogP contribution >= 0.6 is 41.6 Å². The molecule has 1 N–H and O–H groups in total. The fourth-order valence-electron chi connectivity index (χ4n) is 1.29. The van der Waals surface area contributed by atoms with Gasteiger partial charge in [-0.15, -0.1) is 0 Å². The zero-order valence-electron chi connectivity index (χ0n) is 12.3. The van der Waals surface area contributed by atoms with Crippen molar-refractivity contribution >= 4 is 41.6 Å². The zero-order chi connectivity index (χ0) is 17.3. The molecule has 2 unspecified atom stereocenters. The van der Waals surface area contributed by atoms with E-state index in [-0.39, 0.29) is 17.2 Å². The molecule has 23 heavy (non-hydrogen) atoms. The maximum atomic E-state index is 12.3. The Hall–Kier alpha value is -0.170. The van der Waals surface area contributed by atoms with Crippen LogP contribution in [0.5, 0.6) is 0 Å². The first-order valence-corrected chi connectivity index (χ1v) is 10.2. The molecule has 130 valence electrons. The average molecular weight is 449 g/mol. The molecule has 1 heterocycles. The Morgan fingerprint density at radius 3 is 2.43 bits per heavy atom. The highest BCUT2D eigenvalue weighted by Gasteiger charge is 2.23. The van der Waals surface area contributed by atoms with Crippen molar-refractivity contribution in [2.24, 2.45) is 0 Å². The molecule has 9 nitrogen and oxygen atoms in total. The molecule has 1 aromatic heterocycles. The van der Waals surface area contributed by atoms with Crippen molar-refractivity contribution < 1.29 is 22.2 Å². The topological polar surface area (TPSA) is 109 Å². The average Bonchev–Trinajstić information content (AvgIpc) is 2.52. The van der Waals surface area contributed by atoms with Gasteiger partial charge >= 0.3 is 13.3 Å². The standard InChI is InChI=1S/C10H16BrN2O7P3/c1-17-21-19-23(16,20-22-18-2)6-4-3-5-13-7-8(11)9(14)12-10(13)15/h3-4,7,21-22H,5-6H2,1-2H3,(H,12,14,15)/b4-3-. The van der Waals surface area contributed by atoms with Crippen LogP contribution in [0.15, 0.2) is 32.4 Å². The first kappa shape index (κ1) is 20.9. The van der Waals surface area contributed by atoms with Crippen LogP contribution in [-0.2, 0) is 28.8 Å². The second kappa shape index (κ2) is 10.6. The van der Waals surface area contributed by atoms with Crippen LogP contribution in [0.3, 0.4) is 0 Å². The van der Waals surface area contributed by atoms with E-state index in [9.17, 15) is 14.2 Å². The number of hydrogen-bond donors (Lipinski definition) is 1. The van der Waals surface area contributed by atoms with Crippen molar-refractivity contribution in [1.82, 2.24) is 9.55 Å². The monoisotopic (exact) mass is 448 g/mol. The normalized spacial score (nSPS) is 15.3. The summed E-state index contributed by atoms with van der Waals surface area (Å²) >= 11 is 3.04. The van der Waals surface area contributed by atoms with Crippen molar-refractivity contribution in [3.05, 3.63) is 43.7 Å². The van der Waals surface area contributed by atoms with Gasteiger partial charge in [-0.05, 0) is 15.9 Å². The third kappa shape index (κ3) is 7.50. The lowest BCUT2D eigenvalue weighted by atomic mass is 10.5. The first-order valence-electron chi connectivity index (χ1n) is 6.08. The molecule has 0 saturated heterocycles. The summed E-state index contributed by atoms with van der Waals surface area (Å²) in [7, 11) is -1.38. The molecule has 0 aliphatic rings. The molecule has 0 spiro atoms. The van der Waals surface area contributed by atoms with Gasteiger partial charge in [-0.1, -0.05) is 12.2 Å². The Kier molecular flexibility index (Phi) is 9.66. The SMILES string of the molecule is COPOP(=O)(C/C=C\Cn1cc(Br)c(=O)[nH]c1=O)OPOC. The van der Waals surface area contributed by atoms with E-state index in [0.29, 0.717) is 0 Å². The summed E-state index contributed by atoms with van der Waals surface area (Å²) < 4.78 is 33.5. The minimum atomic E-state index is -3.37. The molecule has 1 rings (SSSR count). The lowest BCUT2D eigenvalue weighted by Gasteiger charge is -2.14. The van der Waals surface area contributed by atoms with E-state index < -0.39 is 36.9 Å². The second-order valence-corrected chi connectivity index (χ2v) is 8.96. The number of aromatic amines is 1. The summed E-state index contributed by atoms with van der Waals surface area (Å²) in [4.78, 5) is 25.0. The highest BCUT2D eigenvalue weighted by molar-refractivity contribution is 9.10. The molecule has 2 atom stereocenters. The molecular weight excluding hydrogens is 433 g/mol. The number of H-pyrrole nitrogens is 1. The summed E-state index contributed by atoms with van der Waals surface area (Å²) in [5.74, 6) is 0. The molecule has 0 aliphatic heterocycles. The molecule has 0 fully saturated rings. The molecule has 0 aromatic carbocycles. The van der Waals surface area contributed by atoms with Crippen LogP contribution in [0.2, 0.25) is 0 Å². The van der Waals surface area contributed by atoms with Gasteiger partial charge in [0.1, 0.15) is 0 Å². The summed E-state index contributed by atoms with van der Waals surface area (Å²) in [5, 5.41) is 0. The smallest absolute Gasteiger partial charge is 0.339 e. The highest BCUT2D eigenvalue weighted by Crippen LogP contribution is 2.57. The van der Waals surface area contributed by atoms with Gasteiger partial charge in [0, 0.05) is 27.0 Å². The fraction of sp³-hybridized carbons (Fsp3) is 0.400. The largest absolute Gasteiger partial charge is 0.344 e. The van der Waals surface area contributed by atoms with Gasteiger partial charge in [0.05, 0.1) is 10.6 Å². The van der Waals surface area contributed by atoms with Crippen LogP contribution in [0.1, 0.15) is 0 Å². The van der Waals surface area contributed by atoms with Crippen LogP contribution < -0.4 is 11.2 Å². The molecule has 0 radical (unpaired) electrons. The molecule has 0 amide bonds. The van der Waals surface area contributed by atoms with Crippen LogP contribution in [-0.4, -0.2) is 29.9 Å². The van der Waals surface area contributed by atoms with Gasteiger partial charge in [0.25, 0.3) is 5.56 Å². The molecule has 13 heteroatoms. The van der Waals surface area contributed by atoms with E-state index in [4.69, 9.17) is 17.7 Å². The number of nitrogens with zero attached hydrogens (tertiary/aromatic N) is 1. The van der Waals surface area contributed by atoms with Crippen molar-refractivity contribution in [2.45, 2.75) is 6.54 Å². The van der Waals surface area contributed by atoms with Crippen molar-refractivity contribution in [3.63, 3.8) is 0 Å². The lowest BCUT2D eigenvalue weighted by Crippen LogP contribution is -2.29. The lowest BCUT2D eigenvalue weighted by molar-refractivity contribution is 0.355. The van der Waals surface area contributed by atoms with Gasteiger partial charge in [-0.3, -0.25) is 27.5 Å². The third-order valence-corrected chi connectivity index (χ3v) is 6.66. The number of halogens is 1. The Morgan fingerprint density at radius 2 is 1.87 bits per heavy atom. The number of hydrogen-bond acceptors (Lipinski definition) is 7. The van der Waals surface area contributed by atoms with Gasteiger partial charge in [0.15, 0.2) is 18.1 Å². The number of nitrogens with one attached hydrogen (secondary N) is 1. The number of aromatic nitrogens is 2. The number of allylic oxidation sites excluding steroid dienone is 2. The van der Waals surface area contributed by atoms with E-state index in [0.717, 1.165) is 0 Å². The highest BCUT2D eigenvalue weighted by atomic mass is 79.9. The molecule has 0 bridgehead atoms. The predicted octanol–water partition coefficient (Wildman–Crippen LogP) is 2.39. The van der Waals surface area contributed by atoms with Crippen molar-refractivity contribution in [1.29, 1.82) is 0 Å². The molecular formula is C10H16BrN2O7P3. The summed E-state index contributed by atoms with van der Waals surface area (Å²) in [5.41, 5.74) is -1.04. The van der Waals surface area contributed by atoms with Gasteiger partial charge < -0.3 is 9.05 Å². The van der Waals surface area contributed by atoms with E-state index >= 15 is 0 Å². The van der Waals surface area contributed by atoms with E-state index in [1.807, 2.05) is 0 Å². The van der Waals surface area contributed by atoms with Gasteiger partial charge in [0.2, 0.25) is 0 Å². The quantitative estimate of drug-likeness (QED) is 0.432. The van der Waals surface area contributed by atoms with Crippen LogP contribution in [0.4, 0.5) is 0 Å². The molecule has 0 saturated carbocycles. The minimum absolute atomic E-state index is 0.000998. The van der Waals surface area contributed by atoms with Crippen LogP contribution in [0.25, 0.3) is 0 Å². The number of rotatable bonds is 10. The first-order chi connectivity index (χ1) is 10.9. The molecule has 0 aliphatic carbocycles. The fourth-order valence-corrected chi connectivity index (χ4v) is 4.63. The van der Waals surface area contributed by atoms with Crippen molar-refractivity contribution in [3.8, 4) is 0 Å². The minimum Gasteiger partial charge on any atom is -0.339 e. The summed E-state index contributed by atoms with van der Waals surface area (Å²) in [6.07, 6.45) is 4.54. The summed E-state index contributed by atoms with van der Waals surface area (Å²) in [6, 6.07) is 0. The Morgan fingerprint density at radius 1 is 1.26 bits per heavy atom. The van der Waals surface area contributed by atoms with Crippen LogP contribution in [0, 0.1) is 0 Å². The summed E-state index contributed by atoms with van der Waals surface area (Å²) in [6.45, 7) is 0.188. The van der Waals surface area contributed by atoms with Gasteiger partial charge in [-0.25, -0.2) is 4.79 Å². The zero-order valence-corrected chi connectivity index (χ0v) is 16.8. The second-order valence-electron chi connectivity index (χ2n) is 3.91. The maximum absolute atomic E-state index is 12.3. The maximum Gasteiger partial charge on any atom is 0.344 e. The Labute approximate surface area is 144 Å². The molecule has 1 aromatic rings. The van der Waals surface area contributed by atoms with E-state index in [1.54, 1.807) is 12.2 Å². The Bertz CT molecular complexity index is 678. The Balaban J connectivity index is 2.68. The predicted molar refractivity (Wildman–Crippen MR) is 93.5 cm³/mol. The van der Waals surface area contributed by atoms with Gasteiger partial charge in [-0.2, -0.15) is 0 Å². The van der Waals surface area contributed by atoms with E-state index in [1.165, 1.54) is 25.0 Å².